The SMILES string of the molecule is NCc1ccccc1CC(=O)Cc1ccncc1Cl. The number of hydrogen-bond donors (Lipinski definition) is 1. The van der Waals surface area contributed by atoms with E-state index in [1.807, 2.05) is 24.3 Å². The molecule has 0 aliphatic heterocycles. The summed E-state index contributed by atoms with van der Waals surface area (Å²) in [7, 11) is 0. The largest absolute Gasteiger partial charge is 0.326 e. The molecule has 0 spiro atoms. The van der Waals surface area contributed by atoms with Crippen molar-refractivity contribution in [2.45, 2.75) is 19.4 Å². The Morgan fingerprint density at radius 3 is 2.47 bits per heavy atom. The van der Waals surface area contributed by atoms with Crippen LogP contribution in [0, 0.1) is 0 Å². The van der Waals surface area contributed by atoms with E-state index in [4.69, 9.17) is 17.3 Å². The zero-order chi connectivity index (χ0) is 13.7. The molecule has 2 aromatic rings. The van der Waals surface area contributed by atoms with Gasteiger partial charge in [-0.1, -0.05) is 35.9 Å². The van der Waals surface area contributed by atoms with Crippen LogP contribution in [-0.2, 0) is 24.2 Å². The number of ketones is 1. The van der Waals surface area contributed by atoms with Crippen LogP contribution in [0.2, 0.25) is 5.02 Å². The zero-order valence-corrected chi connectivity index (χ0v) is 11.2. The molecule has 2 rings (SSSR count). The van der Waals surface area contributed by atoms with E-state index in [0.717, 1.165) is 16.7 Å². The predicted molar refractivity (Wildman–Crippen MR) is 76.0 cm³/mol. The van der Waals surface area contributed by atoms with Crippen LogP contribution in [0.25, 0.3) is 0 Å². The first-order valence-electron chi connectivity index (χ1n) is 6.07. The van der Waals surface area contributed by atoms with Crippen LogP contribution in [0.5, 0.6) is 0 Å². The third kappa shape index (κ3) is 3.63. The molecule has 0 atom stereocenters. The fourth-order valence-electron chi connectivity index (χ4n) is 1.96. The lowest BCUT2D eigenvalue weighted by molar-refractivity contribution is -0.117. The number of carbonyl (C=O) groups is 1. The molecule has 0 saturated heterocycles. The summed E-state index contributed by atoms with van der Waals surface area (Å²) in [6, 6.07) is 9.50. The summed E-state index contributed by atoms with van der Waals surface area (Å²) in [6.07, 6.45) is 3.90. The van der Waals surface area contributed by atoms with Crippen molar-refractivity contribution in [2.24, 2.45) is 5.73 Å². The second-order valence-electron chi connectivity index (χ2n) is 4.33. The van der Waals surface area contributed by atoms with Gasteiger partial charge in [0, 0.05) is 31.8 Å². The quantitative estimate of drug-likeness (QED) is 0.912. The molecule has 1 heterocycles. The van der Waals surface area contributed by atoms with E-state index < -0.39 is 0 Å². The van der Waals surface area contributed by atoms with E-state index in [9.17, 15) is 4.79 Å². The molecule has 0 fully saturated rings. The van der Waals surface area contributed by atoms with Crippen LogP contribution < -0.4 is 5.73 Å². The highest BCUT2D eigenvalue weighted by Crippen LogP contribution is 2.16. The molecule has 1 aromatic carbocycles. The fourth-order valence-corrected chi connectivity index (χ4v) is 2.15. The lowest BCUT2D eigenvalue weighted by Crippen LogP contribution is -2.10. The molecular formula is C15H15ClN2O. The molecule has 2 N–H and O–H groups in total. The average Bonchev–Trinajstić information content (AvgIpc) is 2.42. The lowest BCUT2D eigenvalue weighted by atomic mass is 9.99. The number of Topliss-reactive ketones (excluding diaryl/α,β-unsaturated/α-hetero) is 1. The molecule has 0 aliphatic carbocycles. The second-order valence-corrected chi connectivity index (χ2v) is 4.74. The van der Waals surface area contributed by atoms with Crippen molar-refractivity contribution in [3.8, 4) is 0 Å². The van der Waals surface area contributed by atoms with Gasteiger partial charge in [0.1, 0.15) is 5.78 Å². The number of nitrogens with zero attached hydrogens (tertiary/aromatic N) is 1. The number of aromatic nitrogens is 1. The number of carbonyl (C=O) groups excluding carboxylic acids is 1. The smallest absolute Gasteiger partial charge is 0.141 e. The van der Waals surface area contributed by atoms with Gasteiger partial charge in [0.25, 0.3) is 0 Å². The van der Waals surface area contributed by atoms with Gasteiger partial charge in [-0.15, -0.1) is 0 Å². The van der Waals surface area contributed by atoms with Gasteiger partial charge in [-0.05, 0) is 22.8 Å². The van der Waals surface area contributed by atoms with E-state index >= 15 is 0 Å². The minimum Gasteiger partial charge on any atom is -0.326 e. The van der Waals surface area contributed by atoms with Crippen LogP contribution >= 0.6 is 11.6 Å². The summed E-state index contributed by atoms with van der Waals surface area (Å²) in [5, 5.41) is 0.531. The van der Waals surface area contributed by atoms with Crippen molar-refractivity contribution in [3.63, 3.8) is 0 Å². The summed E-state index contributed by atoms with van der Waals surface area (Å²) < 4.78 is 0. The molecular weight excluding hydrogens is 260 g/mol. The first kappa shape index (κ1) is 13.7. The Morgan fingerprint density at radius 2 is 1.79 bits per heavy atom. The number of benzene rings is 1. The Balaban J connectivity index is 2.08. The van der Waals surface area contributed by atoms with Crippen molar-refractivity contribution >= 4 is 17.4 Å². The molecule has 98 valence electrons. The standard InChI is InChI=1S/C15H15ClN2O/c16-15-10-18-6-5-12(15)8-14(19)7-11-3-1-2-4-13(11)9-17/h1-6,10H,7-9,17H2. The van der Waals surface area contributed by atoms with Crippen LogP contribution in [0.3, 0.4) is 0 Å². The van der Waals surface area contributed by atoms with Crippen LogP contribution in [0.1, 0.15) is 16.7 Å². The van der Waals surface area contributed by atoms with Gasteiger partial charge in [-0.25, -0.2) is 0 Å². The topological polar surface area (TPSA) is 56.0 Å². The van der Waals surface area contributed by atoms with E-state index in [2.05, 4.69) is 4.98 Å². The summed E-state index contributed by atoms with van der Waals surface area (Å²) >= 11 is 6.00. The van der Waals surface area contributed by atoms with Crippen molar-refractivity contribution in [3.05, 3.63) is 64.4 Å². The van der Waals surface area contributed by atoms with Crippen LogP contribution in [-0.4, -0.2) is 10.8 Å². The minimum atomic E-state index is 0.119. The predicted octanol–water partition coefficient (Wildman–Crippen LogP) is 2.55. The van der Waals surface area contributed by atoms with E-state index in [-0.39, 0.29) is 5.78 Å². The normalized spacial score (nSPS) is 10.4. The summed E-state index contributed by atoms with van der Waals surface area (Å²) in [5.74, 6) is 0.119. The summed E-state index contributed by atoms with van der Waals surface area (Å²) in [5.41, 5.74) is 8.47. The van der Waals surface area contributed by atoms with Gasteiger partial charge in [0.2, 0.25) is 0 Å². The van der Waals surface area contributed by atoms with Gasteiger partial charge >= 0.3 is 0 Å². The van der Waals surface area contributed by atoms with Crippen molar-refractivity contribution in [2.75, 3.05) is 0 Å². The number of hydrogen-bond acceptors (Lipinski definition) is 3. The van der Waals surface area contributed by atoms with E-state index in [1.165, 1.54) is 0 Å². The average molecular weight is 275 g/mol. The number of halogens is 1. The Labute approximate surface area is 117 Å². The molecule has 0 radical (unpaired) electrons. The highest BCUT2D eigenvalue weighted by Gasteiger charge is 2.10. The molecule has 0 bridgehead atoms. The molecule has 0 saturated carbocycles. The Hall–Kier alpha value is -1.71. The third-order valence-electron chi connectivity index (χ3n) is 2.97. The van der Waals surface area contributed by atoms with Crippen molar-refractivity contribution < 1.29 is 4.79 Å². The number of pyridine rings is 1. The first-order valence-corrected chi connectivity index (χ1v) is 6.45. The van der Waals surface area contributed by atoms with Crippen molar-refractivity contribution in [1.29, 1.82) is 0 Å². The Bertz CT molecular complexity index is 584. The molecule has 4 heteroatoms. The van der Waals surface area contributed by atoms with Gasteiger partial charge in [0.05, 0.1) is 5.02 Å². The zero-order valence-electron chi connectivity index (χ0n) is 10.5. The maximum atomic E-state index is 12.1. The minimum absolute atomic E-state index is 0.119. The Morgan fingerprint density at radius 1 is 1.11 bits per heavy atom. The van der Waals surface area contributed by atoms with Crippen molar-refractivity contribution in [1.82, 2.24) is 4.98 Å². The van der Waals surface area contributed by atoms with Crippen LogP contribution in [0.15, 0.2) is 42.7 Å². The Kier molecular flexibility index (Phi) is 4.66. The van der Waals surface area contributed by atoms with E-state index in [1.54, 1.807) is 18.5 Å². The molecule has 3 nitrogen and oxygen atoms in total. The molecule has 1 aromatic heterocycles. The number of nitrogens with two attached hydrogens (primary N) is 1. The monoisotopic (exact) mass is 274 g/mol. The first-order chi connectivity index (χ1) is 9.20. The maximum absolute atomic E-state index is 12.1. The molecule has 0 amide bonds. The number of rotatable bonds is 5. The second kappa shape index (κ2) is 6.45. The third-order valence-corrected chi connectivity index (χ3v) is 3.31. The maximum Gasteiger partial charge on any atom is 0.141 e. The molecule has 0 unspecified atom stereocenters. The van der Waals surface area contributed by atoms with Gasteiger partial charge in [-0.2, -0.15) is 0 Å². The van der Waals surface area contributed by atoms with Gasteiger partial charge in [-0.3, -0.25) is 9.78 Å². The molecule has 19 heavy (non-hydrogen) atoms. The fraction of sp³-hybridized carbons (Fsp3) is 0.200. The lowest BCUT2D eigenvalue weighted by Gasteiger charge is -2.07. The summed E-state index contributed by atoms with van der Waals surface area (Å²) in [6.45, 7) is 0.444. The highest BCUT2D eigenvalue weighted by atomic mass is 35.5. The van der Waals surface area contributed by atoms with Gasteiger partial charge in [0.15, 0.2) is 0 Å². The summed E-state index contributed by atoms with van der Waals surface area (Å²) in [4.78, 5) is 16.0. The van der Waals surface area contributed by atoms with E-state index in [0.29, 0.717) is 24.4 Å². The molecule has 0 aliphatic rings. The van der Waals surface area contributed by atoms with Gasteiger partial charge < -0.3 is 5.73 Å². The highest BCUT2D eigenvalue weighted by molar-refractivity contribution is 6.31. The van der Waals surface area contributed by atoms with Crippen LogP contribution in [0.4, 0.5) is 0 Å².